The summed E-state index contributed by atoms with van der Waals surface area (Å²) in [5.74, 6) is -0.0509. The first-order chi connectivity index (χ1) is 12.8. The van der Waals surface area contributed by atoms with Crippen LogP contribution in [0.5, 0.6) is 0 Å². The summed E-state index contributed by atoms with van der Waals surface area (Å²) in [5, 5.41) is 12.3. The average Bonchev–Trinajstić information content (AvgIpc) is 3.40. The smallest absolute Gasteiger partial charge is 0.317 e. The van der Waals surface area contributed by atoms with E-state index < -0.39 is 11.4 Å². The van der Waals surface area contributed by atoms with Crippen molar-refractivity contribution >= 4 is 11.9 Å². The largest absolute Gasteiger partial charge is 0.480 e. The Morgan fingerprint density at radius 3 is 2.33 bits per heavy atom. The Balaban J connectivity index is 1.53. The van der Waals surface area contributed by atoms with Crippen LogP contribution in [0.3, 0.4) is 0 Å². The molecule has 5 heteroatoms. The van der Waals surface area contributed by atoms with Gasteiger partial charge in [0.15, 0.2) is 0 Å². The van der Waals surface area contributed by atoms with E-state index >= 15 is 0 Å². The molecule has 3 rings (SSSR count). The van der Waals surface area contributed by atoms with Crippen molar-refractivity contribution in [3.63, 3.8) is 0 Å². The van der Waals surface area contributed by atoms with E-state index in [1.807, 2.05) is 26.0 Å². The standard InChI is InChI=1S/C22H32N2O3/c1-4-15-7-9-17(10-8-15)22(2,3)21(27)23-18-11-19(12-18)24(14-20(25)26)13-16-5-6-16/h7-10,16,18-19H,4-6,11-14H2,1-3H3,(H,23,27)(H,25,26). The van der Waals surface area contributed by atoms with Gasteiger partial charge in [0.1, 0.15) is 0 Å². The second kappa shape index (κ2) is 8.01. The third-order valence-electron chi connectivity index (χ3n) is 6.14. The highest BCUT2D eigenvalue weighted by atomic mass is 16.4. The molecule has 0 saturated heterocycles. The van der Waals surface area contributed by atoms with E-state index in [2.05, 4.69) is 29.3 Å². The first kappa shape index (κ1) is 19.9. The topological polar surface area (TPSA) is 69.6 Å². The lowest BCUT2D eigenvalue weighted by Gasteiger charge is -2.43. The SMILES string of the molecule is CCc1ccc(C(C)(C)C(=O)NC2CC(N(CC(=O)O)CC3CC3)C2)cc1. The molecule has 1 aromatic rings. The number of carboxylic acids is 1. The number of carbonyl (C=O) groups excluding carboxylic acids is 1. The molecule has 5 nitrogen and oxygen atoms in total. The van der Waals surface area contributed by atoms with Crippen molar-refractivity contribution in [3.05, 3.63) is 35.4 Å². The van der Waals surface area contributed by atoms with Crippen molar-refractivity contribution < 1.29 is 14.7 Å². The Morgan fingerprint density at radius 2 is 1.81 bits per heavy atom. The van der Waals surface area contributed by atoms with Crippen molar-refractivity contribution in [2.75, 3.05) is 13.1 Å². The summed E-state index contributed by atoms with van der Waals surface area (Å²) in [5.41, 5.74) is 1.71. The molecule has 0 spiro atoms. The molecule has 0 radical (unpaired) electrons. The van der Waals surface area contributed by atoms with Gasteiger partial charge in [0, 0.05) is 18.6 Å². The normalized spacial score (nSPS) is 22.4. The highest BCUT2D eigenvalue weighted by Crippen LogP contribution is 2.34. The van der Waals surface area contributed by atoms with Gasteiger partial charge in [-0.2, -0.15) is 0 Å². The van der Waals surface area contributed by atoms with Crippen molar-refractivity contribution in [2.45, 2.75) is 70.4 Å². The van der Waals surface area contributed by atoms with Gasteiger partial charge in [-0.05, 0) is 63.0 Å². The fourth-order valence-corrected chi connectivity index (χ4v) is 3.81. The minimum absolute atomic E-state index is 0.0437. The quantitative estimate of drug-likeness (QED) is 0.699. The highest BCUT2D eigenvalue weighted by Gasteiger charge is 2.40. The van der Waals surface area contributed by atoms with Crippen molar-refractivity contribution in [3.8, 4) is 0 Å². The number of carbonyl (C=O) groups is 2. The Labute approximate surface area is 162 Å². The van der Waals surface area contributed by atoms with Crippen LogP contribution in [0.4, 0.5) is 0 Å². The summed E-state index contributed by atoms with van der Waals surface area (Å²) < 4.78 is 0. The summed E-state index contributed by atoms with van der Waals surface area (Å²) in [7, 11) is 0. The molecule has 2 aliphatic carbocycles. The monoisotopic (exact) mass is 372 g/mol. The number of amides is 1. The molecule has 1 aromatic carbocycles. The Bertz CT molecular complexity index is 673. The molecule has 0 bridgehead atoms. The molecular weight excluding hydrogens is 340 g/mol. The van der Waals surface area contributed by atoms with Crippen LogP contribution >= 0.6 is 0 Å². The molecule has 27 heavy (non-hydrogen) atoms. The molecule has 0 aromatic heterocycles. The van der Waals surface area contributed by atoms with Crippen LogP contribution in [0.2, 0.25) is 0 Å². The van der Waals surface area contributed by atoms with Crippen molar-refractivity contribution in [1.29, 1.82) is 0 Å². The molecular formula is C22H32N2O3. The predicted molar refractivity (Wildman–Crippen MR) is 106 cm³/mol. The van der Waals surface area contributed by atoms with Gasteiger partial charge in [0.2, 0.25) is 5.91 Å². The van der Waals surface area contributed by atoms with E-state index in [0.29, 0.717) is 5.92 Å². The maximum atomic E-state index is 12.8. The summed E-state index contributed by atoms with van der Waals surface area (Å²) in [4.78, 5) is 26.1. The summed E-state index contributed by atoms with van der Waals surface area (Å²) in [6, 6.07) is 8.70. The van der Waals surface area contributed by atoms with Crippen molar-refractivity contribution in [2.24, 2.45) is 5.92 Å². The summed E-state index contributed by atoms with van der Waals surface area (Å²) in [6.45, 7) is 7.03. The van der Waals surface area contributed by atoms with Gasteiger partial charge in [0.25, 0.3) is 0 Å². The highest BCUT2D eigenvalue weighted by molar-refractivity contribution is 5.87. The molecule has 2 N–H and O–H groups in total. The Hall–Kier alpha value is -1.88. The molecule has 0 unspecified atom stereocenters. The number of aliphatic carboxylic acids is 1. The van der Waals surface area contributed by atoms with E-state index in [1.165, 1.54) is 18.4 Å². The Morgan fingerprint density at radius 1 is 1.19 bits per heavy atom. The molecule has 0 atom stereocenters. The number of nitrogens with one attached hydrogen (secondary N) is 1. The number of rotatable bonds is 9. The molecule has 2 fully saturated rings. The fourth-order valence-electron chi connectivity index (χ4n) is 3.81. The molecule has 2 aliphatic rings. The molecule has 0 aliphatic heterocycles. The van der Waals surface area contributed by atoms with Gasteiger partial charge >= 0.3 is 5.97 Å². The number of aryl methyl sites for hydroxylation is 1. The number of hydrogen-bond donors (Lipinski definition) is 2. The first-order valence-corrected chi connectivity index (χ1v) is 10.2. The van der Waals surface area contributed by atoms with Crippen LogP contribution in [0.1, 0.15) is 57.6 Å². The van der Waals surface area contributed by atoms with Gasteiger partial charge in [-0.25, -0.2) is 0 Å². The number of benzene rings is 1. The van der Waals surface area contributed by atoms with Crippen LogP contribution in [0, 0.1) is 5.92 Å². The minimum atomic E-state index is -0.764. The fraction of sp³-hybridized carbons (Fsp3) is 0.636. The summed E-state index contributed by atoms with van der Waals surface area (Å²) in [6.07, 6.45) is 5.11. The first-order valence-electron chi connectivity index (χ1n) is 10.2. The maximum Gasteiger partial charge on any atom is 0.317 e. The molecule has 2 saturated carbocycles. The van der Waals surface area contributed by atoms with Crippen LogP contribution in [0.25, 0.3) is 0 Å². The second-order valence-corrected chi connectivity index (χ2v) is 8.74. The van der Waals surface area contributed by atoms with Crippen LogP contribution < -0.4 is 5.32 Å². The summed E-state index contributed by atoms with van der Waals surface area (Å²) >= 11 is 0. The van der Waals surface area contributed by atoms with Gasteiger partial charge in [0.05, 0.1) is 12.0 Å². The van der Waals surface area contributed by atoms with E-state index in [4.69, 9.17) is 5.11 Å². The van der Waals surface area contributed by atoms with E-state index in [0.717, 1.165) is 31.4 Å². The predicted octanol–water partition coefficient (Wildman–Crippen LogP) is 2.97. The molecule has 148 valence electrons. The zero-order valence-corrected chi connectivity index (χ0v) is 16.7. The third kappa shape index (κ3) is 4.89. The van der Waals surface area contributed by atoms with Crippen LogP contribution in [0.15, 0.2) is 24.3 Å². The Kier molecular flexibility index (Phi) is 5.89. The van der Waals surface area contributed by atoms with Gasteiger partial charge in [-0.3, -0.25) is 14.5 Å². The van der Waals surface area contributed by atoms with Gasteiger partial charge < -0.3 is 10.4 Å². The average molecular weight is 373 g/mol. The van der Waals surface area contributed by atoms with E-state index in [-0.39, 0.29) is 24.5 Å². The van der Waals surface area contributed by atoms with Crippen LogP contribution in [-0.2, 0) is 21.4 Å². The van der Waals surface area contributed by atoms with Gasteiger partial charge in [-0.1, -0.05) is 31.2 Å². The zero-order valence-electron chi connectivity index (χ0n) is 16.7. The van der Waals surface area contributed by atoms with Crippen molar-refractivity contribution in [1.82, 2.24) is 10.2 Å². The van der Waals surface area contributed by atoms with E-state index in [1.54, 1.807) is 0 Å². The number of carboxylic acid groups (broad SMARTS) is 1. The lowest BCUT2D eigenvalue weighted by atomic mass is 9.80. The maximum absolute atomic E-state index is 12.8. The van der Waals surface area contributed by atoms with Gasteiger partial charge in [-0.15, -0.1) is 0 Å². The number of nitrogens with zero attached hydrogens (tertiary/aromatic N) is 1. The lowest BCUT2D eigenvalue weighted by Crippen LogP contribution is -2.57. The number of hydrogen-bond acceptors (Lipinski definition) is 3. The van der Waals surface area contributed by atoms with Crippen LogP contribution in [-0.4, -0.2) is 47.1 Å². The lowest BCUT2D eigenvalue weighted by molar-refractivity contribution is -0.140. The zero-order chi connectivity index (χ0) is 19.6. The minimum Gasteiger partial charge on any atom is -0.480 e. The van der Waals surface area contributed by atoms with E-state index in [9.17, 15) is 9.59 Å². The third-order valence-corrected chi connectivity index (χ3v) is 6.14. The second-order valence-electron chi connectivity index (χ2n) is 8.74. The molecule has 1 amide bonds. The molecule has 0 heterocycles.